The predicted molar refractivity (Wildman–Crippen MR) is 111 cm³/mol. The Labute approximate surface area is 180 Å². The standard InChI is InChI=1S/C17H17ClN6O7/c1-9(25)20-13-7-12(19)16(31-4-3-30-2)8-14(13)21-22-17-11(18)5-10(23(26)27)6-15(17)24(28)29/h5-8H,3-4,19H2,1-2H3,(H,20,25). The average Bonchev–Trinajstić information content (AvgIpc) is 2.68. The second kappa shape index (κ2) is 10.3. The summed E-state index contributed by atoms with van der Waals surface area (Å²) in [5, 5.41) is 32.1. The highest BCUT2D eigenvalue weighted by molar-refractivity contribution is 6.33. The van der Waals surface area contributed by atoms with Gasteiger partial charge < -0.3 is 20.5 Å². The number of nitrogens with two attached hydrogens (primary N) is 1. The van der Waals surface area contributed by atoms with Gasteiger partial charge in [-0.25, -0.2) is 0 Å². The van der Waals surface area contributed by atoms with Gasteiger partial charge >= 0.3 is 5.69 Å². The lowest BCUT2D eigenvalue weighted by molar-refractivity contribution is -0.393. The molecule has 164 valence electrons. The van der Waals surface area contributed by atoms with Crippen LogP contribution in [0.3, 0.4) is 0 Å². The molecule has 2 rings (SSSR count). The molecule has 0 unspecified atom stereocenters. The van der Waals surface area contributed by atoms with Crippen molar-refractivity contribution in [2.24, 2.45) is 10.2 Å². The number of methoxy groups -OCH3 is 1. The number of amides is 1. The molecule has 14 heteroatoms. The number of ether oxygens (including phenoxy) is 2. The molecule has 3 N–H and O–H groups in total. The quantitative estimate of drug-likeness (QED) is 0.187. The highest BCUT2D eigenvalue weighted by atomic mass is 35.5. The van der Waals surface area contributed by atoms with Crippen LogP contribution in [0.1, 0.15) is 6.92 Å². The van der Waals surface area contributed by atoms with E-state index in [1.165, 1.54) is 26.2 Å². The van der Waals surface area contributed by atoms with Crippen LogP contribution in [0.2, 0.25) is 5.02 Å². The molecule has 0 bridgehead atoms. The number of nitrogen functional groups attached to an aromatic ring is 1. The van der Waals surface area contributed by atoms with Gasteiger partial charge in [-0.1, -0.05) is 11.6 Å². The van der Waals surface area contributed by atoms with Crippen molar-refractivity contribution in [2.75, 3.05) is 31.4 Å². The Balaban J connectivity index is 2.55. The molecule has 0 spiro atoms. The Kier molecular flexibility index (Phi) is 7.76. The molecule has 0 fully saturated rings. The highest BCUT2D eigenvalue weighted by Gasteiger charge is 2.24. The second-order valence-electron chi connectivity index (χ2n) is 5.94. The molecule has 31 heavy (non-hydrogen) atoms. The number of nitrogens with one attached hydrogen (secondary N) is 1. The molecular weight excluding hydrogens is 436 g/mol. The molecule has 0 aliphatic rings. The number of benzene rings is 2. The zero-order chi connectivity index (χ0) is 23.1. The fraction of sp³-hybridized carbons (Fsp3) is 0.235. The van der Waals surface area contributed by atoms with Crippen LogP contribution < -0.4 is 15.8 Å². The summed E-state index contributed by atoms with van der Waals surface area (Å²) >= 11 is 5.96. The van der Waals surface area contributed by atoms with Crippen molar-refractivity contribution in [1.29, 1.82) is 0 Å². The molecule has 0 aliphatic heterocycles. The van der Waals surface area contributed by atoms with Crippen molar-refractivity contribution < 1.29 is 24.1 Å². The van der Waals surface area contributed by atoms with Gasteiger partial charge in [0.15, 0.2) is 5.69 Å². The van der Waals surface area contributed by atoms with Crippen LogP contribution in [0, 0.1) is 20.2 Å². The molecule has 2 aromatic rings. The zero-order valence-electron chi connectivity index (χ0n) is 16.3. The molecule has 1 amide bonds. The van der Waals surface area contributed by atoms with Crippen LogP contribution in [-0.4, -0.2) is 36.1 Å². The number of hydrogen-bond acceptors (Lipinski definition) is 10. The number of halogens is 1. The molecular formula is C17H17ClN6O7. The zero-order valence-corrected chi connectivity index (χ0v) is 17.1. The first-order valence-electron chi connectivity index (χ1n) is 8.51. The largest absolute Gasteiger partial charge is 0.489 e. The van der Waals surface area contributed by atoms with Gasteiger partial charge in [-0.3, -0.25) is 25.0 Å². The number of carbonyl (C=O) groups is 1. The average molecular weight is 453 g/mol. The Bertz CT molecular complexity index is 1060. The molecule has 0 aliphatic carbocycles. The third kappa shape index (κ3) is 6.07. The van der Waals surface area contributed by atoms with Gasteiger partial charge in [0.2, 0.25) is 5.91 Å². The van der Waals surface area contributed by atoms with E-state index < -0.39 is 32.8 Å². The number of azo groups is 1. The SMILES string of the molecule is COCCOc1cc(N=Nc2c(Cl)cc([N+](=O)[O-])cc2[N+](=O)[O-])c(NC(C)=O)cc1N. The van der Waals surface area contributed by atoms with Gasteiger partial charge in [-0.15, -0.1) is 10.2 Å². The maximum atomic E-state index is 11.5. The van der Waals surface area contributed by atoms with E-state index in [4.69, 9.17) is 26.8 Å². The number of hydrogen-bond donors (Lipinski definition) is 2. The van der Waals surface area contributed by atoms with E-state index in [9.17, 15) is 25.0 Å². The summed E-state index contributed by atoms with van der Waals surface area (Å²) < 4.78 is 10.4. The molecule has 0 heterocycles. The lowest BCUT2D eigenvalue weighted by Crippen LogP contribution is -2.08. The fourth-order valence-electron chi connectivity index (χ4n) is 2.34. The molecule has 0 saturated heterocycles. The first kappa shape index (κ1) is 23.4. The first-order chi connectivity index (χ1) is 14.6. The minimum Gasteiger partial charge on any atom is -0.489 e. The Hall–Kier alpha value is -3.84. The predicted octanol–water partition coefficient (Wildman–Crippen LogP) is 4.14. The van der Waals surface area contributed by atoms with Crippen molar-refractivity contribution >= 4 is 51.6 Å². The van der Waals surface area contributed by atoms with Crippen LogP contribution in [0.4, 0.5) is 34.1 Å². The van der Waals surface area contributed by atoms with E-state index in [0.29, 0.717) is 0 Å². The monoisotopic (exact) mass is 452 g/mol. The van der Waals surface area contributed by atoms with Crippen molar-refractivity contribution in [2.45, 2.75) is 6.92 Å². The fourth-order valence-corrected chi connectivity index (χ4v) is 2.58. The number of nitrogens with zero attached hydrogens (tertiary/aromatic N) is 4. The van der Waals surface area contributed by atoms with Gasteiger partial charge in [0.1, 0.15) is 18.0 Å². The van der Waals surface area contributed by atoms with E-state index in [1.54, 1.807) is 0 Å². The number of non-ortho nitro benzene ring substituents is 1. The van der Waals surface area contributed by atoms with Crippen LogP contribution >= 0.6 is 11.6 Å². The van der Waals surface area contributed by atoms with Crippen molar-refractivity contribution in [3.05, 3.63) is 49.5 Å². The summed E-state index contributed by atoms with van der Waals surface area (Å²) in [6, 6.07) is 4.38. The van der Waals surface area contributed by atoms with E-state index in [1.807, 2.05) is 0 Å². The third-order valence-electron chi connectivity index (χ3n) is 3.68. The smallest absolute Gasteiger partial charge is 0.305 e. The van der Waals surface area contributed by atoms with Crippen molar-refractivity contribution in [3.63, 3.8) is 0 Å². The molecule has 0 aromatic heterocycles. The van der Waals surface area contributed by atoms with E-state index in [0.717, 1.165) is 12.1 Å². The summed E-state index contributed by atoms with van der Waals surface area (Å²) in [7, 11) is 1.49. The number of rotatable bonds is 9. The molecule has 2 aromatic carbocycles. The summed E-state index contributed by atoms with van der Waals surface area (Å²) in [6.07, 6.45) is 0. The van der Waals surface area contributed by atoms with Crippen LogP contribution in [0.25, 0.3) is 0 Å². The minimum absolute atomic E-state index is 0.0561. The molecule has 0 saturated carbocycles. The van der Waals surface area contributed by atoms with Crippen molar-refractivity contribution in [1.82, 2.24) is 0 Å². The number of anilines is 2. The molecule has 13 nitrogen and oxygen atoms in total. The Morgan fingerprint density at radius 3 is 2.45 bits per heavy atom. The maximum absolute atomic E-state index is 11.5. The molecule has 0 radical (unpaired) electrons. The van der Waals surface area contributed by atoms with E-state index in [-0.39, 0.29) is 41.0 Å². The number of nitro groups is 2. The van der Waals surface area contributed by atoms with Gasteiger partial charge in [-0.05, 0) is 6.07 Å². The lowest BCUT2D eigenvalue weighted by Gasteiger charge is -2.12. The van der Waals surface area contributed by atoms with E-state index >= 15 is 0 Å². The maximum Gasteiger partial charge on any atom is 0.305 e. The van der Waals surface area contributed by atoms with Gasteiger partial charge in [-0.2, -0.15) is 0 Å². The van der Waals surface area contributed by atoms with Crippen LogP contribution in [0.5, 0.6) is 5.75 Å². The highest BCUT2D eigenvalue weighted by Crippen LogP contribution is 2.41. The third-order valence-corrected chi connectivity index (χ3v) is 3.97. The van der Waals surface area contributed by atoms with Gasteiger partial charge in [0, 0.05) is 26.2 Å². The number of nitro benzene ring substituents is 2. The second-order valence-corrected chi connectivity index (χ2v) is 6.35. The Morgan fingerprint density at radius 1 is 1.16 bits per heavy atom. The summed E-state index contributed by atoms with van der Waals surface area (Å²) in [4.78, 5) is 32.1. The summed E-state index contributed by atoms with van der Waals surface area (Å²) in [6.45, 7) is 1.73. The van der Waals surface area contributed by atoms with Crippen LogP contribution in [-0.2, 0) is 9.53 Å². The van der Waals surface area contributed by atoms with Gasteiger partial charge in [0.25, 0.3) is 5.69 Å². The normalized spacial score (nSPS) is 10.8. The molecule has 0 atom stereocenters. The van der Waals surface area contributed by atoms with Gasteiger partial charge in [0.05, 0.1) is 38.9 Å². The lowest BCUT2D eigenvalue weighted by atomic mass is 10.2. The van der Waals surface area contributed by atoms with E-state index in [2.05, 4.69) is 15.5 Å². The summed E-state index contributed by atoms with van der Waals surface area (Å²) in [5.74, 6) is -0.215. The minimum atomic E-state index is -0.871. The Morgan fingerprint density at radius 2 is 1.87 bits per heavy atom. The topological polar surface area (TPSA) is 185 Å². The first-order valence-corrected chi connectivity index (χ1v) is 8.88. The number of carbonyl (C=O) groups excluding carboxylic acids is 1. The summed E-state index contributed by atoms with van der Waals surface area (Å²) in [5.41, 5.74) is 4.65. The van der Waals surface area contributed by atoms with Crippen molar-refractivity contribution in [3.8, 4) is 5.75 Å². The van der Waals surface area contributed by atoms with Crippen LogP contribution in [0.15, 0.2) is 34.5 Å².